The van der Waals surface area contributed by atoms with Crippen molar-refractivity contribution in [2.24, 2.45) is 0 Å². The average molecular weight is 449 g/mol. The van der Waals surface area contributed by atoms with E-state index in [4.69, 9.17) is 4.74 Å². The molecule has 138 valence electrons. The molecule has 27 heavy (non-hydrogen) atoms. The molecule has 0 atom stereocenters. The van der Waals surface area contributed by atoms with Gasteiger partial charge in [0.2, 0.25) is 14.9 Å². The van der Waals surface area contributed by atoms with Crippen molar-refractivity contribution in [3.05, 3.63) is 56.8 Å². The molecule has 4 aromatic rings. The molecule has 0 aliphatic carbocycles. The number of aryl methyl sites for hydroxylation is 1. The quantitative estimate of drug-likeness (QED) is 0.515. The highest BCUT2D eigenvalue weighted by molar-refractivity contribution is 9.10. The first kappa shape index (κ1) is 17.7. The molecule has 0 saturated carbocycles. The van der Waals surface area contributed by atoms with Crippen molar-refractivity contribution in [2.75, 3.05) is 7.11 Å². The first-order chi connectivity index (χ1) is 12.8. The van der Waals surface area contributed by atoms with E-state index in [1.807, 2.05) is 6.92 Å². The average Bonchev–Trinajstić information content (AvgIpc) is 3.05. The van der Waals surface area contributed by atoms with Crippen LogP contribution in [-0.2, 0) is 9.84 Å². The Balaban J connectivity index is 2.05. The van der Waals surface area contributed by atoms with Crippen molar-refractivity contribution < 1.29 is 13.2 Å². The predicted molar refractivity (Wildman–Crippen MR) is 102 cm³/mol. The Labute approximate surface area is 161 Å². The summed E-state index contributed by atoms with van der Waals surface area (Å²) in [5, 5.41) is 7.81. The van der Waals surface area contributed by atoms with E-state index in [-0.39, 0.29) is 15.6 Å². The monoisotopic (exact) mass is 448 g/mol. The number of halogens is 1. The Hall–Kier alpha value is -2.72. The SMILES string of the molecule is COc1ccc2c(=O)[nH]c3c(S(=O)(=O)c4ccc(C)cc4Br)nnn3c2c1. The van der Waals surface area contributed by atoms with Gasteiger partial charge in [0.15, 0.2) is 5.65 Å². The third-order valence-corrected chi connectivity index (χ3v) is 6.82. The lowest BCUT2D eigenvalue weighted by Crippen LogP contribution is -2.12. The number of aromatic nitrogens is 4. The summed E-state index contributed by atoms with van der Waals surface area (Å²) in [5.41, 5.74) is 0.847. The highest BCUT2D eigenvalue weighted by atomic mass is 79.9. The van der Waals surface area contributed by atoms with Crippen LogP contribution in [0.15, 0.2) is 55.6 Å². The molecule has 0 bridgehead atoms. The van der Waals surface area contributed by atoms with Crippen LogP contribution < -0.4 is 10.3 Å². The lowest BCUT2D eigenvalue weighted by molar-refractivity contribution is 0.415. The van der Waals surface area contributed by atoms with Crippen molar-refractivity contribution in [2.45, 2.75) is 16.8 Å². The summed E-state index contributed by atoms with van der Waals surface area (Å²) < 4.78 is 33.1. The normalized spacial score (nSPS) is 12.0. The third kappa shape index (κ3) is 2.72. The summed E-state index contributed by atoms with van der Waals surface area (Å²) in [6, 6.07) is 9.70. The van der Waals surface area contributed by atoms with Gasteiger partial charge in [0, 0.05) is 10.5 Å². The van der Waals surface area contributed by atoms with Crippen LogP contribution in [0.25, 0.3) is 16.6 Å². The van der Waals surface area contributed by atoms with Crippen LogP contribution in [0.4, 0.5) is 0 Å². The van der Waals surface area contributed by atoms with Gasteiger partial charge in [-0.3, -0.25) is 4.79 Å². The number of nitrogens with zero attached hydrogens (tertiary/aromatic N) is 3. The number of hydrogen-bond donors (Lipinski definition) is 1. The number of hydrogen-bond acceptors (Lipinski definition) is 6. The molecule has 0 fully saturated rings. The number of aromatic amines is 1. The molecule has 2 aromatic heterocycles. The predicted octanol–water partition coefficient (Wildman–Crippen LogP) is 2.48. The van der Waals surface area contributed by atoms with Gasteiger partial charge in [-0.25, -0.2) is 8.42 Å². The van der Waals surface area contributed by atoms with Gasteiger partial charge in [-0.15, -0.1) is 5.10 Å². The van der Waals surface area contributed by atoms with Crippen LogP contribution >= 0.6 is 15.9 Å². The summed E-state index contributed by atoms with van der Waals surface area (Å²) in [4.78, 5) is 15.1. The highest BCUT2D eigenvalue weighted by Gasteiger charge is 2.28. The van der Waals surface area contributed by atoms with Gasteiger partial charge in [-0.05, 0) is 52.7 Å². The standard InChI is InChI=1S/C17H13BrN4O4S/c1-9-3-6-14(12(18)7-9)27(24,25)17-15-19-16(23)11-5-4-10(26-2)8-13(11)22(15)21-20-17/h3-8H,1-2H3,(H,19,23). The van der Waals surface area contributed by atoms with Crippen molar-refractivity contribution in [3.8, 4) is 5.75 Å². The lowest BCUT2D eigenvalue weighted by atomic mass is 10.2. The van der Waals surface area contributed by atoms with Crippen LogP contribution in [0.2, 0.25) is 0 Å². The molecular weight excluding hydrogens is 436 g/mol. The maximum atomic E-state index is 13.1. The van der Waals surface area contributed by atoms with Gasteiger partial charge in [0.25, 0.3) is 5.56 Å². The molecule has 0 radical (unpaired) electrons. The molecule has 0 aliphatic heterocycles. The molecule has 0 aliphatic rings. The molecule has 0 unspecified atom stereocenters. The number of rotatable bonds is 3. The minimum absolute atomic E-state index is 0.00627. The zero-order chi connectivity index (χ0) is 19.3. The molecule has 4 rings (SSSR count). The minimum atomic E-state index is -4.01. The maximum absolute atomic E-state index is 13.1. The summed E-state index contributed by atoms with van der Waals surface area (Å²) in [7, 11) is -2.52. The highest BCUT2D eigenvalue weighted by Crippen LogP contribution is 2.30. The summed E-state index contributed by atoms with van der Waals surface area (Å²) in [5.74, 6) is 0.510. The van der Waals surface area contributed by atoms with E-state index < -0.39 is 15.4 Å². The molecule has 0 amide bonds. The fourth-order valence-electron chi connectivity index (χ4n) is 2.83. The number of sulfone groups is 1. The van der Waals surface area contributed by atoms with Gasteiger partial charge in [0.1, 0.15) is 5.75 Å². The van der Waals surface area contributed by atoms with Crippen molar-refractivity contribution >= 4 is 42.3 Å². The van der Waals surface area contributed by atoms with Gasteiger partial charge < -0.3 is 9.72 Å². The fraction of sp³-hybridized carbons (Fsp3) is 0.118. The molecule has 0 spiro atoms. The van der Waals surface area contributed by atoms with E-state index in [1.165, 1.54) is 17.7 Å². The molecule has 10 heteroatoms. The van der Waals surface area contributed by atoms with Gasteiger partial charge >= 0.3 is 0 Å². The largest absolute Gasteiger partial charge is 0.497 e. The van der Waals surface area contributed by atoms with E-state index >= 15 is 0 Å². The Kier molecular flexibility index (Phi) is 4.04. The molecule has 0 saturated heterocycles. The zero-order valence-electron chi connectivity index (χ0n) is 14.2. The van der Waals surface area contributed by atoms with Crippen LogP contribution in [-0.4, -0.2) is 35.3 Å². The van der Waals surface area contributed by atoms with Crippen LogP contribution in [0.5, 0.6) is 5.75 Å². The summed E-state index contributed by atoms with van der Waals surface area (Å²) >= 11 is 3.28. The van der Waals surface area contributed by atoms with E-state index in [0.29, 0.717) is 21.1 Å². The molecule has 2 aromatic carbocycles. The summed E-state index contributed by atoms with van der Waals surface area (Å²) in [6.07, 6.45) is 0. The van der Waals surface area contributed by atoms with Gasteiger partial charge in [0.05, 0.1) is 22.9 Å². The second kappa shape index (κ2) is 6.17. The topological polar surface area (TPSA) is 106 Å². The first-order valence-electron chi connectivity index (χ1n) is 7.79. The van der Waals surface area contributed by atoms with Gasteiger partial charge in [-0.1, -0.05) is 11.3 Å². The first-order valence-corrected chi connectivity index (χ1v) is 10.1. The van der Waals surface area contributed by atoms with E-state index in [1.54, 1.807) is 30.3 Å². The Morgan fingerprint density at radius 3 is 2.67 bits per heavy atom. The second-order valence-corrected chi connectivity index (χ2v) is 8.62. The summed E-state index contributed by atoms with van der Waals surface area (Å²) in [6.45, 7) is 1.85. The van der Waals surface area contributed by atoms with Crippen LogP contribution in [0.3, 0.4) is 0 Å². The molecular formula is C17H13BrN4O4S. The number of fused-ring (bicyclic) bond motifs is 3. The number of methoxy groups -OCH3 is 1. The van der Waals surface area contributed by atoms with Crippen LogP contribution in [0, 0.1) is 6.92 Å². The zero-order valence-corrected chi connectivity index (χ0v) is 16.6. The fourth-order valence-corrected chi connectivity index (χ4v) is 5.27. The van der Waals surface area contributed by atoms with Crippen molar-refractivity contribution in [1.82, 2.24) is 19.8 Å². The van der Waals surface area contributed by atoms with Gasteiger partial charge in [-0.2, -0.15) is 4.52 Å². The smallest absolute Gasteiger partial charge is 0.259 e. The Bertz CT molecular complexity index is 1380. The lowest BCUT2D eigenvalue weighted by Gasteiger charge is -2.06. The molecule has 2 heterocycles. The van der Waals surface area contributed by atoms with Crippen LogP contribution in [0.1, 0.15) is 5.56 Å². The molecule has 1 N–H and O–H groups in total. The number of ether oxygens (including phenoxy) is 1. The third-order valence-electron chi connectivity index (χ3n) is 4.18. The Morgan fingerprint density at radius 1 is 1.19 bits per heavy atom. The molecule has 8 nitrogen and oxygen atoms in total. The number of benzene rings is 2. The number of nitrogens with one attached hydrogen (secondary N) is 1. The van der Waals surface area contributed by atoms with E-state index in [9.17, 15) is 13.2 Å². The second-order valence-electron chi connectivity index (χ2n) is 5.93. The van der Waals surface area contributed by atoms with E-state index in [0.717, 1.165) is 5.56 Å². The van der Waals surface area contributed by atoms with E-state index in [2.05, 4.69) is 31.2 Å². The maximum Gasteiger partial charge on any atom is 0.259 e. The van der Waals surface area contributed by atoms with Crippen molar-refractivity contribution in [3.63, 3.8) is 0 Å². The minimum Gasteiger partial charge on any atom is -0.497 e. The Morgan fingerprint density at radius 2 is 1.96 bits per heavy atom. The van der Waals surface area contributed by atoms with Crippen molar-refractivity contribution in [1.29, 1.82) is 0 Å². The number of H-pyrrole nitrogens is 1.